The maximum absolute atomic E-state index is 12.4. The van der Waals surface area contributed by atoms with Crippen LogP contribution in [0, 0.1) is 11.8 Å². The third-order valence-electron chi connectivity index (χ3n) is 3.00. The van der Waals surface area contributed by atoms with E-state index in [9.17, 15) is 22.8 Å². The van der Waals surface area contributed by atoms with Gasteiger partial charge in [0, 0.05) is 0 Å². The standard InChI is InChI=1S/C12H9ClF3NO3/c13-8-3-5(12(14,15)16)1-2-9(8)17-10(18)6-4-7(6)11(19)20/h1-3,6-7H,4H2,(H,17,18)(H,19,20). The van der Waals surface area contributed by atoms with Crippen molar-refractivity contribution >= 4 is 29.2 Å². The molecule has 0 saturated heterocycles. The van der Waals surface area contributed by atoms with E-state index in [1.54, 1.807) is 0 Å². The van der Waals surface area contributed by atoms with Crippen LogP contribution in [0.25, 0.3) is 0 Å². The van der Waals surface area contributed by atoms with Crippen molar-refractivity contribution < 1.29 is 27.9 Å². The number of rotatable bonds is 3. The van der Waals surface area contributed by atoms with Gasteiger partial charge in [0.05, 0.1) is 28.1 Å². The summed E-state index contributed by atoms with van der Waals surface area (Å²) in [6, 6.07) is 2.54. The van der Waals surface area contributed by atoms with E-state index in [0.717, 1.165) is 12.1 Å². The lowest BCUT2D eigenvalue weighted by Gasteiger charge is -2.10. The van der Waals surface area contributed by atoms with Crippen LogP contribution in [-0.4, -0.2) is 17.0 Å². The number of nitrogens with one attached hydrogen (secondary N) is 1. The van der Waals surface area contributed by atoms with Crippen molar-refractivity contribution in [2.75, 3.05) is 5.32 Å². The topological polar surface area (TPSA) is 66.4 Å². The van der Waals surface area contributed by atoms with Crippen LogP contribution in [0.1, 0.15) is 12.0 Å². The van der Waals surface area contributed by atoms with E-state index < -0.39 is 35.5 Å². The van der Waals surface area contributed by atoms with E-state index >= 15 is 0 Å². The number of aliphatic carboxylic acids is 1. The highest BCUT2D eigenvalue weighted by Gasteiger charge is 2.48. The molecule has 0 aromatic heterocycles. The molecule has 4 nitrogen and oxygen atoms in total. The van der Waals surface area contributed by atoms with Gasteiger partial charge < -0.3 is 10.4 Å². The first kappa shape index (κ1) is 14.6. The molecule has 0 heterocycles. The Balaban J connectivity index is 2.08. The molecule has 1 fully saturated rings. The van der Waals surface area contributed by atoms with Crippen LogP contribution in [0.2, 0.25) is 5.02 Å². The van der Waals surface area contributed by atoms with Crippen LogP contribution in [0.5, 0.6) is 0 Å². The molecule has 2 N–H and O–H groups in total. The van der Waals surface area contributed by atoms with Gasteiger partial charge in [-0.05, 0) is 24.6 Å². The van der Waals surface area contributed by atoms with Crippen molar-refractivity contribution in [1.82, 2.24) is 0 Å². The Bertz CT molecular complexity index is 574. The molecule has 2 unspecified atom stereocenters. The number of alkyl halides is 3. The summed E-state index contributed by atoms with van der Waals surface area (Å²) < 4.78 is 37.3. The number of carbonyl (C=O) groups excluding carboxylic acids is 1. The van der Waals surface area contributed by atoms with Crippen molar-refractivity contribution in [3.63, 3.8) is 0 Å². The molecule has 2 atom stereocenters. The number of carboxylic acid groups (broad SMARTS) is 1. The predicted molar refractivity (Wildman–Crippen MR) is 64.3 cm³/mol. The molecule has 1 aliphatic carbocycles. The van der Waals surface area contributed by atoms with Gasteiger partial charge in [0.25, 0.3) is 0 Å². The lowest BCUT2D eigenvalue weighted by Crippen LogP contribution is -2.17. The number of amides is 1. The van der Waals surface area contributed by atoms with Crippen LogP contribution in [0.4, 0.5) is 18.9 Å². The first-order chi connectivity index (χ1) is 9.20. The molecule has 0 radical (unpaired) electrons. The Morgan fingerprint density at radius 1 is 1.30 bits per heavy atom. The minimum atomic E-state index is -4.52. The zero-order valence-electron chi connectivity index (χ0n) is 9.87. The molecule has 1 aromatic rings. The second kappa shape index (κ2) is 4.97. The van der Waals surface area contributed by atoms with E-state index in [-0.39, 0.29) is 17.1 Å². The molecule has 2 rings (SSSR count). The summed E-state index contributed by atoms with van der Waals surface area (Å²) in [5, 5.41) is 10.8. The highest BCUT2D eigenvalue weighted by Crippen LogP contribution is 2.40. The predicted octanol–water partition coefficient (Wildman–Crippen LogP) is 3.02. The summed E-state index contributed by atoms with van der Waals surface area (Å²) in [7, 11) is 0. The van der Waals surface area contributed by atoms with Crippen molar-refractivity contribution in [2.45, 2.75) is 12.6 Å². The SMILES string of the molecule is O=C(O)C1CC1C(=O)Nc1ccc(C(F)(F)F)cc1Cl. The Morgan fingerprint density at radius 2 is 1.95 bits per heavy atom. The van der Waals surface area contributed by atoms with Gasteiger partial charge in [-0.15, -0.1) is 0 Å². The number of carboxylic acids is 1. The van der Waals surface area contributed by atoms with Crippen molar-refractivity contribution in [2.24, 2.45) is 11.8 Å². The minimum absolute atomic E-state index is 0.0284. The van der Waals surface area contributed by atoms with Crippen LogP contribution >= 0.6 is 11.6 Å². The first-order valence-corrected chi connectivity index (χ1v) is 5.98. The number of carbonyl (C=O) groups is 2. The largest absolute Gasteiger partial charge is 0.481 e. The minimum Gasteiger partial charge on any atom is -0.481 e. The maximum atomic E-state index is 12.4. The van der Waals surface area contributed by atoms with Crippen molar-refractivity contribution in [1.29, 1.82) is 0 Å². The van der Waals surface area contributed by atoms with Crippen LogP contribution in [0.3, 0.4) is 0 Å². The maximum Gasteiger partial charge on any atom is 0.416 e. The van der Waals surface area contributed by atoms with E-state index in [4.69, 9.17) is 16.7 Å². The second-order valence-corrected chi connectivity index (χ2v) is 4.88. The summed E-state index contributed by atoms with van der Waals surface area (Å²) in [5.41, 5.74) is -0.893. The number of anilines is 1. The molecule has 108 valence electrons. The van der Waals surface area contributed by atoms with Gasteiger partial charge in [0.15, 0.2) is 0 Å². The summed E-state index contributed by atoms with van der Waals surface area (Å²) in [6.07, 6.45) is -4.30. The van der Waals surface area contributed by atoms with Crippen molar-refractivity contribution in [3.8, 4) is 0 Å². The van der Waals surface area contributed by atoms with Gasteiger partial charge in [-0.1, -0.05) is 11.6 Å². The molecular weight excluding hydrogens is 299 g/mol. The molecular formula is C12H9ClF3NO3. The molecule has 0 bridgehead atoms. The quantitative estimate of drug-likeness (QED) is 0.902. The average molecular weight is 308 g/mol. The van der Waals surface area contributed by atoms with Gasteiger partial charge >= 0.3 is 12.1 Å². The monoisotopic (exact) mass is 307 g/mol. The van der Waals surface area contributed by atoms with Gasteiger partial charge in [-0.2, -0.15) is 13.2 Å². The summed E-state index contributed by atoms with van der Waals surface area (Å²) in [6.45, 7) is 0. The first-order valence-electron chi connectivity index (χ1n) is 5.60. The zero-order chi connectivity index (χ0) is 15.1. The molecule has 1 aromatic carbocycles. The molecule has 1 aliphatic rings. The summed E-state index contributed by atoms with van der Waals surface area (Å²) >= 11 is 5.67. The zero-order valence-corrected chi connectivity index (χ0v) is 10.6. The molecule has 1 saturated carbocycles. The fourth-order valence-electron chi connectivity index (χ4n) is 1.78. The lowest BCUT2D eigenvalue weighted by atomic mass is 10.2. The Morgan fingerprint density at radius 3 is 2.40 bits per heavy atom. The number of halogens is 4. The Hall–Kier alpha value is -1.76. The third-order valence-corrected chi connectivity index (χ3v) is 3.31. The van der Waals surface area contributed by atoms with Gasteiger partial charge in [0.1, 0.15) is 0 Å². The number of hydrogen-bond donors (Lipinski definition) is 2. The van der Waals surface area contributed by atoms with Crippen LogP contribution in [0.15, 0.2) is 18.2 Å². The van der Waals surface area contributed by atoms with Crippen molar-refractivity contribution in [3.05, 3.63) is 28.8 Å². The second-order valence-electron chi connectivity index (χ2n) is 4.47. The molecule has 20 heavy (non-hydrogen) atoms. The summed E-state index contributed by atoms with van der Waals surface area (Å²) in [4.78, 5) is 22.3. The summed E-state index contributed by atoms with van der Waals surface area (Å²) in [5.74, 6) is -3.02. The Labute approximate surface area is 116 Å². The number of benzene rings is 1. The van der Waals surface area contributed by atoms with E-state index in [2.05, 4.69) is 5.32 Å². The van der Waals surface area contributed by atoms with E-state index in [1.165, 1.54) is 0 Å². The Kier molecular flexibility index (Phi) is 3.64. The molecule has 8 heteroatoms. The molecule has 1 amide bonds. The molecule has 0 aliphatic heterocycles. The fourth-order valence-corrected chi connectivity index (χ4v) is 2.00. The smallest absolute Gasteiger partial charge is 0.416 e. The van der Waals surface area contributed by atoms with E-state index in [0.29, 0.717) is 6.07 Å². The average Bonchev–Trinajstić information content (AvgIpc) is 3.10. The lowest BCUT2D eigenvalue weighted by molar-refractivity contribution is -0.140. The van der Waals surface area contributed by atoms with Gasteiger partial charge in [-0.3, -0.25) is 9.59 Å². The van der Waals surface area contributed by atoms with Crippen LogP contribution < -0.4 is 5.32 Å². The van der Waals surface area contributed by atoms with Gasteiger partial charge in [0.2, 0.25) is 5.91 Å². The molecule has 0 spiro atoms. The van der Waals surface area contributed by atoms with E-state index in [1.807, 2.05) is 0 Å². The highest BCUT2D eigenvalue weighted by atomic mass is 35.5. The van der Waals surface area contributed by atoms with Gasteiger partial charge in [-0.25, -0.2) is 0 Å². The number of hydrogen-bond acceptors (Lipinski definition) is 2. The fraction of sp³-hybridized carbons (Fsp3) is 0.333. The normalized spacial score (nSPS) is 21.4. The highest BCUT2D eigenvalue weighted by molar-refractivity contribution is 6.33. The van der Waals surface area contributed by atoms with Crippen LogP contribution in [-0.2, 0) is 15.8 Å². The third kappa shape index (κ3) is 3.04.